The Labute approximate surface area is 80.2 Å². The van der Waals surface area contributed by atoms with Gasteiger partial charge in [0.15, 0.2) is 0 Å². The van der Waals surface area contributed by atoms with E-state index in [0.717, 1.165) is 12.3 Å². The van der Waals surface area contributed by atoms with Gasteiger partial charge in [0.05, 0.1) is 0 Å². The Balaban J connectivity index is 2.42. The van der Waals surface area contributed by atoms with Crippen molar-refractivity contribution in [3.63, 3.8) is 0 Å². The van der Waals surface area contributed by atoms with Crippen molar-refractivity contribution in [1.82, 2.24) is 0 Å². The van der Waals surface area contributed by atoms with Gasteiger partial charge >= 0.3 is 0 Å². The predicted octanol–water partition coefficient (Wildman–Crippen LogP) is 2.62. The summed E-state index contributed by atoms with van der Waals surface area (Å²) in [7, 11) is 0. The van der Waals surface area contributed by atoms with Gasteiger partial charge in [-0.15, -0.1) is 0 Å². The van der Waals surface area contributed by atoms with Gasteiger partial charge in [-0.1, -0.05) is 18.6 Å². The van der Waals surface area contributed by atoms with Crippen molar-refractivity contribution in [1.29, 1.82) is 0 Å². The summed E-state index contributed by atoms with van der Waals surface area (Å²) in [5.41, 5.74) is 7.03. The first-order chi connectivity index (χ1) is 6.27. The third-order valence-corrected chi connectivity index (χ3v) is 2.29. The molecule has 2 nitrogen and oxygen atoms in total. The van der Waals surface area contributed by atoms with E-state index in [2.05, 4.69) is 18.0 Å². The van der Waals surface area contributed by atoms with Crippen LogP contribution in [-0.4, -0.2) is 5.84 Å². The standard InChI is InChI=1S/C11H18N2/c1-3-9(4-2)7-8-13-11(12)10-5-6-10/h3,7-8,10H,4-6H2,1-2H3,(H2,12,13)/b8-7-,9-3-. The van der Waals surface area contributed by atoms with Gasteiger partial charge in [-0.25, -0.2) is 4.99 Å². The number of nitrogens with two attached hydrogens (primary N) is 1. The van der Waals surface area contributed by atoms with Gasteiger partial charge in [-0.2, -0.15) is 0 Å². The minimum absolute atomic E-state index is 0.570. The first-order valence-corrected chi connectivity index (χ1v) is 4.92. The molecule has 0 unspecified atom stereocenters. The molecule has 0 aromatic carbocycles. The van der Waals surface area contributed by atoms with Crippen molar-refractivity contribution in [2.24, 2.45) is 16.6 Å². The minimum atomic E-state index is 0.570. The van der Waals surface area contributed by atoms with Crippen molar-refractivity contribution in [3.8, 4) is 0 Å². The Morgan fingerprint density at radius 2 is 2.23 bits per heavy atom. The molecule has 72 valence electrons. The summed E-state index contributed by atoms with van der Waals surface area (Å²) in [6, 6.07) is 0. The molecule has 2 heteroatoms. The average molecular weight is 178 g/mol. The molecule has 0 bridgehead atoms. The maximum Gasteiger partial charge on any atom is 0.102 e. The lowest BCUT2D eigenvalue weighted by atomic mass is 10.2. The highest BCUT2D eigenvalue weighted by Crippen LogP contribution is 2.28. The first kappa shape index (κ1) is 10.0. The van der Waals surface area contributed by atoms with Gasteiger partial charge in [0.1, 0.15) is 5.84 Å². The average Bonchev–Trinajstić information content (AvgIpc) is 2.95. The lowest BCUT2D eigenvalue weighted by Crippen LogP contribution is -2.12. The van der Waals surface area contributed by atoms with Crippen molar-refractivity contribution in [2.45, 2.75) is 33.1 Å². The van der Waals surface area contributed by atoms with E-state index >= 15 is 0 Å². The van der Waals surface area contributed by atoms with Crippen LogP contribution in [-0.2, 0) is 0 Å². The molecular formula is C11H18N2. The molecule has 2 N–H and O–H groups in total. The topological polar surface area (TPSA) is 38.4 Å². The quantitative estimate of drug-likeness (QED) is 0.401. The van der Waals surface area contributed by atoms with Gasteiger partial charge in [-0.05, 0) is 32.3 Å². The molecule has 0 radical (unpaired) electrons. The molecule has 0 amide bonds. The normalized spacial score (nSPS) is 19.8. The van der Waals surface area contributed by atoms with E-state index in [1.54, 1.807) is 0 Å². The molecule has 0 spiro atoms. The summed E-state index contributed by atoms with van der Waals surface area (Å²) < 4.78 is 0. The van der Waals surface area contributed by atoms with Crippen LogP contribution < -0.4 is 5.73 Å². The van der Waals surface area contributed by atoms with E-state index in [-0.39, 0.29) is 0 Å². The second kappa shape index (κ2) is 4.85. The lowest BCUT2D eigenvalue weighted by Gasteiger charge is -1.94. The van der Waals surface area contributed by atoms with Crippen LogP contribution >= 0.6 is 0 Å². The molecule has 1 fully saturated rings. The summed E-state index contributed by atoms with van der Waals surface area (Å²) in [6.45, 7) is 4.17. The highest BCUT2D eigenvalue weighted by molar-refractivity contribution is 5.85. The Hall–Kier alpha value is -1.05. The number of hydrogen-bond donors (Lipinski definition) is 1. The minimum Gasteiger partial charge on any atom is -0.387 e. The van der Waals surface area contributed by atoms with Crippen LogP contribution in [0.15, 0.2) is 28.9 Å². The summed E-state index contributed by atoms with van der Waals surface area (Å²) >= 11 is 0. The molecule has 0 aliphatic heterocycles. The Kier molecular flexibility index (Phi) is 3.74. The van der Waals surface area contributed by atoms with E-state index in [0.29, 0.717) is 5.92 Å². The Morgan fingerprint density at radius 3 is 2.69 bits per heavy atom. The number of rotatable bonds is 4. The van der Waals surface area contributed by atoms with Crippen molar-refractivity contribution in [2.75, 3.05) is 0 Å². The Morgan fingerprint density at radius 1 is 1.54 bits per heavy atom. The van der Waals surface area contributed by atoms with E-state index in [9.17, 15) is 0 Å². The first-order valence-electron chi connectivity index (χ1n) is 4.92. The number of amidine groups is 1. The molecule has 1 rings (SSSR count). The summed E-state index contributed by atoms with van der Waals surface area (Å²) in [5, 5.41) is 0. The molecule has 0 heterocycles. The maximum atomic E-state index is 5.73. The number of allylic oxidation sites excluding steroid dienone is 3. The Bertz CT molecular complexity index is 245. The molecule has 0 aromatic rings. The maximum absolute atomic E-state index is 5.73. The van der Waals surface area contributed by atoms with E-state index in [1.165, 1.54) is 18.4 Å². The molecule has 0 saturated heterocycles. The molecule has 0 aromatic heterocycles. The molecule has 1 aliphatic rings. The third-order valence-electron chi connectivity index (χ3n) is 2.29. The van der Waals surface area contributed by atoms with Crippen LogP contribution in [0.3, 0.4) is 0 Å². The van der Waals surface area contributed by atoms with Gasteiger partial charge in [0, 0.05) is 12.1 Å². The van der Waals surface area contributed by atoms with Gasteiger partial charge in [0.2, 0.25) is 0 Å². The van der Waals surface area contributed by atoms with E-state index < -0.39 is 0 Å². The van der Waals surface area contributed by atoms with Crippen molar-refractivity contribution in [3.05, 3.63) is 23.9 Å². The second-order valence-electron chi connectivity index (χ2n) is 3.36. The van der Waals surface area contributed by atoms with Crippen LogP contribution in [0, 0.1) is 5.92 Å². The second-order valence-corrected chi connectivity index (χ2v) is 3.36. The molecule has 0 atom stereocenters. The van der Waals surface area contributed by atoms with Crippen LogP contribution in [0.1, 0.15) is 33.1 Å². The molecular weight excluding hydrogens is 160 g/mol. The summed E-state index contributed by atoms with van der Waals surface area (Å²) in [4.78, 5) is 4.19. The van der Waals surface area contributed by atoms with Crippen LogP contribution in [0.25, 0.3) is 0 Å². The zero-order chi connectivity index (χ0) is 9.68. The highest BCUT2D eigenvalue weighted by atomic mass is 14.9. The molecule has 1 aliphatic carbocycles. The van der Waals surface area contributed by atoms with Gasteiger partial charge < -0.3 is 5.73 Å². The fourth-order valence-corrected chi connectivity index (χ4v) is 1.12. The monoisotopic (exact) mass is 178 g/mol. The zero-order valence-corrected chi connectivity index (χ0v) is 8.46. The molecule has 1 saturated carbocycles. The zero-order valence-electron chi connectivity index (χ0n) is 8.46. The lowest BCUT2D eigenvalue weighted by molar-refractivity contribution is 1.13. The fourth-order valence-electron chi connectivity index (χ4n) is 1.12. The van der Waals surface area contributed by atoms with Crippen molar-refractivity contribution < 1.29 is 0 Å². The SMILES string of the molecule is C/C=C(\C=C/N=C(N)C1CC1)CC. The van der Waals surface area contributed by atoms with Gasteiger partial charge in [-0.3, -0.25) is 0 Å². The smallest absolute Gasteiger partial charge is 0.102 e. The van der Waals surface area contributed by atoms with E-state index in [1.807, 2.05) is 19.2 Å². The van der Waals surface area contributed by atoms with Crippen LogP contribution in [0.5, 0.6) is 0 Å². The van der Waals surface area contributed by atoms with Crippen molar-refractivity contribution >= 4 is 5.84 Å². The van der Waals surface area contributed by atoms with Crippen LogP contribution in [0.4, 0.5) is 0 Å². The third kappa shape index (κ3) is 3.45. The van der Waals surface area contributed by atoms with Gasteiger partial charge in [0.25, 0.3) is 0 Å². The predicted molar refractivity (Wildman–Crippen MR) is 57.5 cm³/mol. The number of aliphatic imine (C=N–C) groups is 1. The van der Waals surface area contributed by atoms with E-state index in [4.69, 9.17) is 5.73 Å². The highest BCUT2D eigenvalue weighted by Gasteiger charge is 2.24. The molecule has 13 heavy (non-hydrogen) atoms. The number of nitrogens with zero attached hydrogens (tertiary/aromatic N) is 1. The fraction of sp³-hybridized carbons (Fsp3) is 0.545. The number of hydrogen-bond acceptors (Lipinski definition) is 1. The largest absolute Gasteiger partial charge is 0.387 e. The van der Waals surface area contributed by atoms with Crippen LogP contribution in [0.2, 0.25) is 0 Å². The summed E-state index contributed by atoms with van der Waals surface area (Å²) in [5.74, 6) is 1.36. The summed E-state index contributed by atoms with van der Waals surface area (Å²) in [6.07, 6.45) is 9.41.